The van der Waals surface area contributed by atoms with Gasteiger partial charge in [-0.05, 0) is 66.0 Å². The van der Waals surface area contributed by atoms with Gasteiger partial charge in [-0.1, -0.05) is 12.1 Å². The van der Waals surface area contributed by atoms with E-state index in [2.05, 4.69) is 16.0 Å². The first-order valence-corrected chi connectivity index (χ1v) is 9.49. The van der Waals surface area contributed by atoms with Crippen molar-refractivity contribution in [3.8, 4) is 16.9 Å². The third-order valence-corrected chi connectivity index (χ3v) is 5.69. The minimum absolute atomic E-state index is 0.197. The van der Waals surface area contributed by atoms with Gasteiger partial charge in [0.15, 0.2) is 4.90 Å². The molecule has 25 heavy (non-hydrogen) atoms. The van der Waals surface area contributed by atoms with Crippen LogP contribution in [0, 0.1) is 6.92 Å². The summed E-state index contributed by atoms with van der Waals surface area (Å²) in [6.45, 7) is 3.91. The normalized spacial score (nSPS) is 12.8. The molecule has 1 unspecified atom stereocenters. The lowest BCUT2D eigenvalue weighted by molar-refractivity contribution is 0.480. The average Bonchev–Trinajstić information content (AvgIpc) is 3.01. The molecule has 0 fully saturated rings. The second-order valence-electron chi connectivity index (χ2n) is 6.08. The highest BCUT2D eigenvalue weighted by Crippen LogP contribution is 2.38. The van der Waals surface area contributed by atoms with Crippen molar-refractivity contribution in [1.82, 2.24) is 9.97 Å². The number of fused-ring (bicyclic) bond motifs is 3. The number of phenolic OH excluding ortho intramolecular Hbond substituents is 1. The largest absolute Gasteiger partial charge is 0.611 e. The monoisotopic (exact) mass is 350 g/mol. The van der Waals surface area contributed by atoms with Crippen LogP contribution >= 0.6 is 0 Å². The number of hydrogen-bond donors (Lipinski definition) is 2. The Morgan fingerprint density at radius 2 is 2.04 bits per heavy atom. The molecule has 5 heteroatoms. The molecule has 0 spiro atoms. The maximum Gasteiger partial charge on any atom is 0.153 e. The van der Waals surface area contributed by atoms with Crippen molar-refractivity contribution in [3.05, 3.63) is 54.2 Å². The van der Waals surface area contributed by atoms with Crippen molar-refractivity contribution < 1.29 is 9.66 Å². The van der Waals surface area contributed by atoms with E-state index in [9.17, 15) is 9.66 Å². The molecule has 0 radical (unpaired) electrons. The second-order valence-corrected chi connectivity index (χ2v) is 7.82. The van der Waals surface area contributed by atoms with Gasteiger partial charge < -0.3 is 14.6 Å². The molecule has 0 saturated heterocycles. The molecule has 0 aliphatic rings. The van der Waals surface area contributed by atoms with E-state index in [1.165, 1.54) is 0 Å². The Kier molecular flexibility index (Phi) is 3.90. The third kappa shape index (κ3) is 2.65. The van der Waals surface area contributed by atoms with Crippen LogP contribution in [-0.2, 0) is 11.2 Å². The molecule has 2 heterocycles. The zero-order valence-corrected chi connectivity index (χ0v) is 14.9. The fourth-order valence-electron chi connectivity index (χ4n) is 3.19. The zero-order chi connectivity index (χ0) is 17.6. The van der Waals surface area contributed by atoms with E-state index < -0.39 is 11.2 Å². The molecular weight excluding hydrogens is 332 g/mol. The molecule has 0 aliphatic heterocycles. The van der Waals surface area contributed by atoms with Crippen LogP contribution in [0.1, 0.15) is 12.5 Å². The lowest BCUT2D eigenvalue weighted by Gasteiger charge is -2.10. The third-order valence-electron chi connectivity index (χ3n) is 4.39. The second kappa shape index (κ2) is 6.10. The molecule has 2 N–H and O–H groups in total. The molecule has 2 aromatic heterocycles. The van der Waals surface area contributed by atoms with Crippen LogP contribution in [0.2, 0.25) is 0 Å². The summed E-state index contributed by atoms with van der Waals surface area (Å²) in [4.78, 5) is 8.46. The van der Waals surface area contributed by atoms with Crippen molar-refractivity contribution >= 4 is 33.1 Å². The lowest BCUT2D eigenvalue weighted by Crippen LogP contribution is -2.03. The summed E-state index contributed by atoms with van der Waals surface area (Å²) in [5.74, 6) is 0.785. The molecule has 0 saturated carbocycles. The van der Waals surface area contributed by atoms with Gasteiger partial charge in [-0.25, -0.2) is 4.98 Å². The van der Waals surface area contributed by atoms with Crippen LogP contribution in [0.25, 0.3) is 33.1 Å². The number of aromatic hydroxyl groups is 1. The van der Waals surface area contributed by atoms with Gasteiger partial charge in [0, 0.05) is 23.0 Å². The highest BCUT2D eigenvalue weighted by molar-refractivity contribution is 7.91. The molecular formula is C20H18N2O2S. The highest BCUT2D eigenvalue weighted by Gasteiger charge is 2.16. The van der Waals surface area contributed by atoms with E-state index >= 15 is 0 Å². The Morgan fingerprint density at radius 3 is 2.84 bits per heavy atom. The topological polar surface area (TPSA) is 72.0 Å². The Bertz CT molecular complexity index is 1090. The summed E-state index contributed by atoms with van der Waals surface area (Å²) in [5, 5.41) is 12.2. The van der Waals surface area contributed by atoms with Crippen molar-refractivity contribution in [2.45, 2.75) is 18.7 Å². The number of H-pyrrole nitrogens is 1. The Hall–Kier alpha value is -2.50. The maximum atomic E-state index is 12.2. The van der Waals surface area contributed by atoms with Crippen LogP contribution < -0.4 is 0 Å². The fourth-order valence-corrected chi connectivity index (χ4v) is 4.01. The zero-order valence-electron chi connectivity index (χ0n) is 14.0. The molecule has 126 valence electrons. The number of aromatic nitrogens is 2. The number of rotatable bonds is 3. The standard InChI is InChI=1S/C20H18N2O2S/c1-3-25(24)14-6-4-5-13(10-14)15-7-8-17(23)19-18(15)16-9-12(2)11-21-20(16)22-19/h4-11,23H,3H2,1-2H3,(H,21,22). The van der Waals surface area contributed by atoms with Gasteiger partial charge in [0.25, 0.3) is 0 Å². The first-order chi connectivity index (χ1) is 12.1. The smallest absolute Gasteiger partial charge is 0.153 e. The summed E-state index contributed by atoms with van der Waals surface area (Å²) >= 11 is -1.00. The van der Waals surface area contributed by atoms with Gasteiger partial charge in [-0.15, -0.1) is 0 Å². The number of hydrogen-bond acceptors (Lipinski definition) is 3. The van der Waals surface area contributed by atoms with Gasteiger partial charge >= 0.3 is 0 Å². The Labute approximate surface area is 148 Å². The number of nitrogens with zero attached hydrogens (tertiary/aromatic N) is 1. The molecule has 0 amide bonds. The minimum Gasteiger partial charge on any atom is -0.611 e. The number of phenols is 1. The van der Waals surface area contributed by atoms with Crippen LogP contribution in [-0.4, -0.2) is 25.4 Å². The predicted octanol–water partition coefficient (Wildman–Crippen LogP) is 4.52. The van der Waals surface area contributed by atoms with Gasteiger partial charge in [-0.2, -0.15) is 0 Å². The molecule has 4 nitrogen and oxygen atoms in total. The molecule has 0 bridgehead atoms. The van der Waals surface area contributed by atoms with Crippen LogP contribution in [0.4, 0.5) is 0 Å². The summed E-state index contributed by atoms with van der Waals surface area (Å²) in [6.07, 6.45) is 1.81. The van der Waals surface area contributed by atoms with Crippen molar-refractivity contribution in [2.75, 3.05) is 5.75 Å². The first kappa shape index (κ1) is 16.0. The highest BCUT2D eigenvalue weighted by atomic mass is 32.2. The average molecular weight is 350 g/mol. The van der Waals surface area contributed by atoms with Gasteiger partial charge in [0.05, 0.1) is 5.52 Å². The van der Waals surface area contributed by atoms with E-state index in [-0.39, 0.29) is 5.75 Å². The Morgan fingerprint density at radius 1 is 1.20 bits per heavy atom. The molecule has 2 aromatic carbocycles. The number of aromatic amines is 1. The summed E-state index contributed by atoms with van der Waals surface area (Å²) in [6, 6.07) is 13.4. The molecule has 1 atom stereocenters. The maximum absolute atomic E-state index is 12.2. The van der Waals surface area contributed by atoms with Crippen LogP contribution in [0.15, 0.2) is 53.6 Å². The number of nitrogens with one attached hydrogen (secondary N) is 1. The molecule has 0 aliphatic carbocycles. The number of benzene rings is 2. The minimum atomic E-state index is -1.00. The van der Waals surface area contributed by atoms with Crippen LogP contribution in [0.5, 0.6) is 5.75 Å². The van der Waals surface area contributed by atoms with Crippen LogP contribution in [0.3, 0.4) is 0 Å². The summed E-state index contributed by atoms with van der Waals surface area (Å²) < 4.78 is 12.2. The van der Waals surface area contributed by atoms with E-state index in [4.69, 9.17) is 0 Å². The lowest BCUT2D eigenvalue weighted by atomic mass is 9.99. The summed E-state index contributed by atoms with van der Waals surface area (Å²) in [5.41, 5.74) is 4.45. The molecule has 4 aromatic rings. The van der Waals surface area contributed by atoms with Crippen molar-refractivity contribution in [1.29, 1.82) is 0 Å². The number of aryl methyl sites for hydroxylation is 1. The van der Waals surface area contributed by atoms with Gasteiger partial charge in [0.2, 0.25) is 0 Å². The fraction of sp³-hybridized carbons (Fsp3) is 0.150. The van der Waals surface area contributed by atoms with Crippen molar-refractivity contribution in [3.63, 3.8) is 0 Å². The van der Waals surface area contributed by atoms with Gasteiger partial charge in [-0.3, -0.25) is 0 Å². The number of pyridine rings is 1. The van der Waals surface area contributed by atoms with E-state index in [1.54, 1.807) is 12.3 Å². The van der Waals surface area contributed by atoms with E-state index in [1.807, 2.05) is 44.2 Å². The Balaban J connectivity index is 2.04. The first-order valence-electron chi connectivity index (χ1n) is 8.17. The molecule has 4 rings (SSSR count). The predicted molar refractivity (Wildman–Crippen MR) is 102 cm³/mol. The quantitative estimate of drug-likeness (QED) is 0.533. The van der Waals surface area contributed by atoms with E-state index in [0.717, 1.165) is 38.0 Å². The van der Waals surface area contributed by atoms with E-state index in [0.29, 0.717) is 11.3 Å². The van der Waals surface area contributed by atoms with Gasteiger partial charge in [0.1, 0.15) is 17.1 Å². The summed E-state index contributed by atoms with van der Waals surface area (Å²) in [7, 11) is 0. The van der Waals surface area contributed by atoms with Crippen molar-refractivity contribution in [2.24, 2.45) is 0 Å². The SMILES string of the molecule is CC[S+]([O-])c1cccc(-c2ccc(O)c3[nH]c4ncc(C)cc4c23)c1.